The Bertz CT molecular complexity index is 1680. The van der Waals surface area contributed by atoms with Crippen LogP contribution < -0.4 is 16.3 Å². The largest absolute Gasteiger partial charge is 0.506 e. The van der Waals surface area contributed by atoms with E-state index in [1.807, 2.05) is 18.7 Å². The summed E-state index contributed by atoms with van der Waals surface area (Å²) in [7, 11) is -3.84. The Hall–Kier alpha value is -3.62. The van der Waals surface area contributed by atoms with Crippen LogP contribution >= 0.6 is 10.8 Å². The van der Waals surface area contributed by atoms with Crippen molar-refractivity contribution in [2.75, 3.05) is 30.4 Å². The molecule has 0 aliphatic carbocycles. The molecule has 2 aliphatic rings. The maximum Gasteiger partial charge on any atom is 0.284 e. The van der Waals surface area contributed by atoms with E-state index in [-0.39, 0.29) is 45.3 Å². The molecule has 2 aliphatic heterocycles. The minimum absolute atomic E-state index is 0.0544. The molecule has 6 N–H and O–H groups in total. The van der Waals surface area contributed by atoms with Crippen molar-refractivity contribution >= 4 is 44.3 Å². The molecular weight excluding hydrogens is 524 g/mol. The average Bonchev–Trinajstić information content (AvgIpc) is 3.48. The number of para-hydroxylation sites is 1. The topological polar surface area (TPSA) is 169 Å². The number of likely N-dealkylation sites (tertiary alicyclic amines) is 1. The molecule has 13 heteroatoms. The number of oxazole rings is 1. The molecule has 12 nitrogen and oxygen atoms in total. The van der Waals surface area contributed by atoms with Gasteiger partial charge in [0, 0.05) is 25.0 Å². The summed E-state index contributed by atoms with van der Waals surface area (Å²) in [5, 5.41) is 24.4. The maximum absolute atomic E-state index is 13.7. The SMILES string of the molecule is CC(C)CNn1c(=O)c(C2=NS(O)(O)c3c(ccc4oc(CN5CCC(O)C5)nc34)N2)c(O)c2ccccc21. The molecule has 1 saturated heterocycles. The van der Waals surface area contributed by atoms with Crippen LogP contribution in [0.4, 0.5) is 5.69 Å². The quantitative estimate of drug-likeness (QED) is 0.207. The number of amidine groups is 1. The first-order chi connectivity index (χ1) is 18.6. The molecule has 4 heterocycles. The number of anilines is 1. The zero-order valence-corrected chi connectivity index (χ0v) is 22.3. The summed E-state index contributed by atoms with van der Waals surface area (Å²) in [5.41, 5.74) is 3.71. The van der Waals surface area contributed by atoms with Crippen LogP contribution in [0.1, 0.15) is 31.7 Å². The minimum Gasteiger partial charge on any atom is -0.506 e. The van der Waals surface area contributed by atoms with Crippen LogP contribution in [0.3, 0.4) is 0 Å². The fourth-order valence-corrected chi connectivity index (χ4v) is 6.31. The number of hydrogen-bond donors (Lipinski definition) is 6. The van der Waals surface area contributed by atoms with Crippen molar-refractivity contribution in [3.8, 4) is 5.75 Å². The van der Waals surface area contributed by atoms with E-state index in [0.717, 1.165) is 0 Å². The van der Waals surface area contributed by atoms with Crippen molar-refractivity contribution in [3.05, 3.63) is 58.2 Å². The molecule has 39 heavy (non-hydrogen) atoms. The Labute approximate surface area is 225 Å². The average molecular weight is 555 g/mol. The third-order valence-electron chi connectivity index (χ3n) is 6.86. The Morgan fingerprint density at radius 3 is 2.77 bits per heavy atom. The Kier molecular flexibility index (Phi) is 6.27. The van der Waals surface area contributed by atoms with Gasteiger partial charge in [-0.3, -0.25) is 18.8 Å². The van der Waals surface area contributed by atoms with Crippen molar-refractivity contribution in [2.45, 2.75) is 37.8 Å². The molecule has 0 radical (unpaired) electrons. The standard InChI is InChI=1S/C26H30N6O6S/c1-14(2)11-27-32-18-6-4-3-5-16(18)23(34)21(26(32)35)25-28-17-7-8-19-22(24(17)39(36,37)30-25)29-20(38-19)13-31-10-9-15(33)12-31/h3-8,14-15,27,33-34,36-37H,9-13H2,1-2H3,(H,28,30). The highest BCUT2D eigenvalue weighted by molar-refractivity contribution is 8.23. The molecule has 1 unspecified atom stereocenters. The molecule has 1 atom stereocenters. The van der Waals surface area contributed by atoms with Gasteiger partial charge in [-0.15, -0.1) is 4.40 Å². The van der Waals surface area contributed by atoms with Crippen molar-refractivity contribution < 1.29 is 23.7 Å². The van der Waals surface area contributed by atoms with Crippen molar-refractivity contribution in [1.29, 1.82) is 0 Å². The molecule has 2 aromatic carbocycles. The first-order valence-electron chi connectivity index (χ1n) is 12.7. The van der Waals surface area contributed by atoms with Crippen molar-refractivity contribution in [3.63, 3.8) is 0 Å². The predicted molar refractivity (Wildman–Crippen MR) is 150 cm³/mol. The Morgan fingerprint density at radius 1 is 1.23 bits per heavy atom. The molecule has 6 rings (SSSR count). The van der Waals surface area contributed by atoms with Gasteiger partial charge in [0.05, 0.1) is 23.9 Å². The van der Waals surface area contributed by atoms with Gasteiger partial charge in [0.25, 0.3) is 5.56 Å². The molecule has 0 saturated carbocycles. The van der Waals surface area contributed by atoms with Gasteiger partial charge in [-0.25, -0.2) is 9.66 Å². The van der Waals surface area contributed by atoms with Gasteiger partial charge >= 0.3 is 0 Å². The first kappa shape index (κ1) is 25.6. The molecule has 4 aromatic rings. The molecule has 1 fully saturated rings. The number of benzene rings is 2. The van der Waals surface area contributed by atoms with E-state index in [1.165, 1.54) is 4.68 Å². The number of β-amino-alcohol motifs (C(OH)–C–C–N with tert-alkyl or cyclic N) is 1. The smallest absolute Gasteiger partial charge is 0.284 e. The van der Waals surface area contributed by atoms with E-state index in [2.05, 4.69) is 20.1 Å². The van der Waals surface area contributed by atoms with Gasteiger partial charge < -0.3 is 25.4 Å². The molecule has 206 valence electrons. The number of pyridine rings is 1. The third kappa shape index (κ3) is 4.51. The van der Waals surface area contributed by atoms with E-state index in [9.17, 15) is 24.1 Å². The molecule has 2 aromatic heterocycles. The van der Waals surface area contributed by atoms with E-state index in [0.29, 0.717) is 55.0 Å². The van der Waals surface area contributed by atoms with Crippen molar-refractivity contribution in [1.82, 2.24) is 14.6 Å². The lowest BCUT2D eigenvalue weighted by molar-refractivity contribution is 0.171. The summed E-state index contributed by atoms with van der Waals surface area (Å²) < 4.78 is 33.8. The van der Waals surface area contributed by atoms with Crippen LogP contribution in [-0.2, 0) is 6.54 Å². The first-order valence-corrected chi connectivity index (χ1v) is 14.2. The summed E-state index contributed by atoms with van der Waals surface area (Å²) in [4.78, 5) is 20.2. The molecule has 0 amide bonds. The highest BCUT2D eigenvalue weighted by Gasteiger charge is 2.34. The molecule has 0 bridgehead atoms. The van der Waals surface area contributed by atoms with Crippen LogP contribution in [0, 0.1) is 5.92 Å². The Balaban J connectivity index is 1.44. The van der Waals surface area contributed by atoms with Gasteiger partial charge in [-0.05, 0) is 36.6 Å². The monoisotopic (exact) mass is 554 g/mol. The lowest BCUT2D eigenvalue weighted by atomic mass is 10.1. The second-order valence-corrected chi connectivity index (χ2v) is 11.9. The fourth-order valence-electron chi connectivity index (χ4n) is 5.01. The van der Waals surface area contributed by atoms with Gasteiger partial charge in [0.1, 0.15) is 21.7 Å². The number of hydrogen-bond acceptors (Lipinski definition) is 11. The number of aliphatic hydroxyl groups excluding tert-OH is 1. The highest BCUT2D eigenvalue weighted by Crippen LogP contribution is 2.58. The van der Waals surface area contributed by atoms with E-state index in [4.69, 9.17) is 4.42 Å². The molecule has 0 spiro atoms. The normalized spacial score (nSPS) is 19.7. The van der Waals surface area contributed by atoms with E-state index in [1.54, 1.807) is 36.4 Å². The zero-order chi connectivity index (χ0) is 27.5. The fraction of sp³-hybridized carbons (Fsp3) is 0.346. The lowest BCUT2D eigenvalue weighted by Gasteiger charge is -2.34. The number of fused-ring (bicyclic) bond motifs is 4. The number of aromatic nitrogens is 2. The Morgan fingerprint density at radius 2 is 2.03 bits per heavy atom. The summed E-state index contributed by atoms with van der Waals surface area (Å²) in [6.45, 7) is 6.10. The summed E-state index contributed by atoms with van der Waals surface area (Å²) in [5.74, 6) is 0.136. The van der Waals surface area contributed by atoms with Crippen LogP contribution in [0.5, 0.6) is 5.75 Å². The van der Waals surface area contributed by atoms with Gasteiger partial charge in [-0.2, -0.15) is 0 Å². The second-order valence-electron chi connectivity index (χ2n) is 10.3. The number of aliphatic hydroxyl groups is 1. The predicted octanol–water partition coefficient (Wildman–Crippen LogP) is 3.51. The van der Waals surface area contributed by atoms with Gasteiger partial charge in [0.15, 0.2) is 11.4 Å². The molecular formula is C26H30N6O6S. The second kappa shape index (κ2) is 9.54. The lowest BCUT2D eigenvalue weighted by Crippen LogP contribution is -2.37. The van der Waals surface area contributed by atoms with Gasteiger partial charge in [0.2, 0.25) is 5.89 Å². The van der Waals surface area contributed by atoms with E-state index < -0.39 is 16.3 Å². The van der Waals surface area contributed by atoms with Crippen LogP contribution in [-0.4, -0.2) is 65.5 Å². The number of nitrogens with one attached hydrogen (secondary N) is 2. The minimum atomic E-state index is -3.84. The zero-order valence-electron chi connectivity index (χ0n) is 21.5. The number of rotatable bonds is 6. The summed E-state index contributed by atoms with van der Waals surface area (Å²) in [6.07, 6.45) is 0.288. The van der Waals surface area contributed by atoms with Crippen molar-refractivity contribution in [2.24, 2.45) is 10.3 Å². The third-order valence-corrected chi connectivity index (χ3v) is 8.26. The maximum atomic E-state index is 13.7. The number of aromatic hydroxyl groups is 1. The van der Waals surface area contributed by atoms with Gasteiger partial charge in [-0.1, -0.05) is 36.8 Å². The highest BCUT2D eigenvalue weighted by atomic mass is 32.3. The van der Waals surface area contributed by atoms with Crippen LogP contribution in [0.25, 0.3) is 22.0 Å². The van der Waals surface area contributed by atoms with Crippen LogP contribution in [0.2, 0.25) is 0 Å². The van der Waals surface area contributed by atoms with Crippen LogP contribution in [0.15, 0.2) is 54.9 Å². The van der Waals surface area contributed by atoms with E-state index >= 15 is 0 Å². The summed E-state index contributed by atoms with van der Waals surface area (Å²) >= 11 is 0. The number of nitrogens with zero attached hydrogens (tertiary/aromatic N) is 4. The summed E-state index contributed by atoms with van der Waals surface area (Å²) in [6, 6.07) is 10.1.